The Hall–Kier alpha value is -1.55. The van der Waals surface area contributed by atoms with E-state index in [0.717, 1.165) is 24.3 Å². The number of hydrogen-bond donors (Lipinski definition) is 2. The van der Waals surface area contributed by atoms with Gasteiger partial charge >= 0.3 is 0 Å². The predicted molar refractivity (Wildman–Crippen MR) is 68.0 cm³/mol. The molecule has 0 fully saturated rings. The van der Waals surface area contributed by atoms with Crippen LogP contribution >= 0.6 is 0 Å². The van der Waals surface area contributed by atoms with Crippen LogP contribution in [-0.4, -0.2) is 26.1 Å². The topological polar surface area (TPSA) is 50.4 Å². The number of ether oxygens (including phenoxy) is 1. The Morgan fingerprint density at radius 2 is 2.24 bits per heavy atom. The summed E-state index contributed by atoms with van der Waals surface area (Å²) in [5.74, 6) is 0.821. The summed E-state index contributed by atoms with van der Waals surface area (Å²) in [7, 11) is 1.63. The predicted octanol–water partition coefficient (Wildman–Crippen LogP) is 1.31. The molecule has 1 rings (SSSR count). The zero-order valence-electron chi connectivity index (χ0n) is 10.5. The van der Waals surface area contributed by atoms with Gasteiger partial charge in [0.1, 0.15) is 5.75 Å². The first kappa shape index (κ1) is 13.5. The molecule has 0 saturated heterocycles. The summed E-state index contributed by atoms with van der Waals surface area (Å²) < 4.78 is 5.12. The maximum absolute atomic E-state index is 11.4. The highest BCUT2D eigenvalue weighted by Crippen LogP contribution is 2.11. The molecule has 1 amide bonds. The van der Waals surface area contributed by atoms with E-state index >= 15 is 0 Å². The average Bonchev–Trinajstić information content (AvgIpc) is 2.37. The summed E-state index contributed by atoms with van der Waals surface area (Å²) >= 11 is 0. The molecular weight excluding hydrogens is 216 g/mol. The number of nitrogens with one attached hydrogen (secondary N) is 2. The molecule has 94 valence electrons. The highest BCUT2D eigenvalue weighted by atomic mass is 16.5. The molecule has 0 unspecified atom stereocenters. The lowest BCUT2D eigenvalue weighted by atomic mass is 10.2. The highest BCUT2D eigenvalue weighted by Gasteiger charge is 2.00. The quantitative estimate of drug-likeness (QED) is 0.702. The van der Waals surface area contributed by atoms with Gasteiger partial charge in [-0.3, -0.25) is 4.79 Å². The first-order chi connectivity index (χ1) is 8.26. The fourth-order valence-electron chi connectivity index (χ4n) is 1.42. The van der Waals surface area contributed by atoms with Gasteiger partial charge in [0.2, 0.25) is 5.91 Å². The standard InChI is InChI=1S/C13H20N2O2/c1-3-7-14-10-13(16)15-9-11-5-4-6-12(8-11)17-2/h4-6,8,14H,3,7,9-10H2,1-2H3,(H,15,16). The van der Waals surface area contributed by atoms with E-state index in [9.17, 15) is 4.79 Å². The van der Waals surface area contributed by atoms with Crippen molar-refractivity contribution >= 4 is 5.91 Å². The van der Waals surface area contributed by atoms with Crippen LogP contribution in [0.3, 0.4) is 0 Å². The van der Waals surface area contributed by atoms with E-state index in [1.165, 1.54) is 0 Å². The molecule has 2 N–H and O–H groups in total. The van der Waals surface area contributed by atoms with Crippen LogP contribution in [0.2, 0.25) is 0 Å². The Labute approximate surface area is 102 Å². The molecule has 0 spiro atoms. The summed E-state index contributed by atoms with van der Waals surface area (Å²) in [5, 5.41) is 5.91. The minimum absolute atomic E-state index is 0.0151. The van der Waals surface area contributed by atoms with Crippen molar-refractivity contribution in [2.75, 3.05) is 20.2 Å². The molecule has 17 heavy (non-hydrogen) atoms. The van der Waals surface area contributed by atoms with Crippen molar-refractivity contribution in [3.8, 4) is 5.75 Å². The van der Waals surface area contributed by atoms with Crippen LogP contribution in [0.1, 0.15) is 18.9 Å². The highest BCUT2D eigenvalue weighted by molar-refractivity contribution is 5.77. The maximum atomic E-state index is 11.4. The minimum Gasteiger partial charge on any atom is -0.497 e. The molecule has 0 aliphatic carbocycles. The van der Waals surface area contributed by atoms with Crippen LogP contribution in [0.4, 0.5) is 0 Å². The van der Waals surface area contributed by atoms with Gasteiger partial charge in [0.25, 0.3) is 0 Å². The van der Waals surface area contributed by atoms with Crippen molar-refractivity contribution in [2.45, 2.75) is 19.9 Å². The molecule has 4 heteroatoms. The number of amides is 1. The molecule has 0 aromatic heterocycles. The molecule has 0 radical (unpaired) electrons. The Balaban J connectivity index is 2.31. The third kappa shape index (κ3) is 5.36. The lowest BCUT2D eigenvalue weighted by Gasteiger charge is -2.07. The molecule has 0 saturated carbocycles. The monoisotopic (exact) mass is 236 g/mol. The van der Waals surface area contributed by atoms with Crippen LogP contribution in [-0.2, 0) is 11.3 Å². The van der Waals surface area contributed by atoms with E-state index in [2.05, 4.69) is 17.6 Å². The van der Waals surface area contributed by atoms with Crippen LogP contribution in [0, 0.1) is 0 Å². The van der Waals surface area contributed by atoms with Gasteiger partial charge in [-0.15, -0.1) is 0 Å². The van der Waals surface area contributed by atoms with Crippen LogP contribution in [0.15, 0.2) is 24.3 Å². The third-order valence-corrected chi connectivity index (χ3v) is 2.34. The van der Waals surface area contributed by atoms with Gasteiger partial charge in [0.15, 0.2) is 0 Å². The second-order valence-corrected chi connectivity index (χ2v) is 3.81. The normalized spacial score (nSPS) is 10.0. The Morgan fingerprint density at radius 1 is 1.41 bits per heavy atom. The smallest absolute Gasteiger partial charge is 0.234 e. The van der Waals surface area contributed by atoms with E-state index in [1.807, 2.05) is 24.3 Å². The number of rotatable bonds is 7. The van der Waals surface area contributed by atoms with E-state index in [-0.39, 0.29) is 5.91 Å². The van der Waals surface area contributed by atoms with E-state index in [1.54, 1.807) is 7.11 Å². The average molecular weight is 236 g/mol. The molecule has 0 bridgehead atoms. The number of methoxy groups -OCH3 is 1. The summed E-state index contributed by atoms with van der Waals surface area (Å²) in [5.41, 5.74) is 1.04. The van der Waals surface area contributed by atoms with Crippen molar-refractivity contribution in [1.29, 1.82) is 0 Å². The van der Waals surface area contributed by atoms with Gasteiger partial charge in [-0.2, -0.15) is 0 Å². The van der Waals surface area contributed by atoms with Crippen molar-refractivity contribution in [2.24, 2.45) is 0 Å². The number of carbonyl (C=O) groups is 1. The minimum atomic E-state index is 0.0151. The van der Waals surface area contributed by atoms with Gasteiger partial charge in [-0.05, 0) is 30.7 Å². The molecule has 1 aromatic rings. The van der Waals surface area contributed by atoms with Gasteiger partial charge in [-0.1, -0.05) is 19.1 Å². The number of benzene rings is 1. The van der Waals surface area contributed by atoms with Gasteiger partial charge in [0.05, 0.1) is 13.7 Å². The van der Waals surface area contributed by atoms with Crippen molar-refractivity contribution in [3.63, 3.8) is 0 Å². The Kier molecular flexibility index (Phi) is 6.10. The second kappa shape index (κ2) is 7.68. The third-order valence-electron chi connectivity index (χ3n) is 2.34. The zero-order valence-corrected chi connectivity index (χ0v) is 10.5. The van der Waals surface area contributed by atoms with Crippen LogP contribution < -0.4 is 15.4 Å². The van der Waals surface area contributed by atoms with E-state index in [0.29, 0.717) is 13.1 Å². The zero-order chi connectivity index (χ0) is 12.5. The molecule has 0 aliphatic rings. The molecule has 1 aromatic carbocycles. The Morgan fingerprint density at radius 3 is 2.94 bits per heavy atom. The van der Waals surface area contributed by atoms with E-state index in [4.69, 9.17) is 4.74 Å². The second-order valence-electron chi connectivity index (χ2n) is 3.81. The van der Waals surface area contributed by atoms with Gasteiger partial charge in [0, 0.05) is 6.54 Å². The van der Waals surface area contributed by atoms with E-state index < -0.39 is 0 Å². The molecule has 0 heterocycles. The van der Waals surface area contributed by atoms with Gasteiger partial charge < -0.3 is 15.4 Å². The largest absolute Gasteiger partial charge is 0.497 e. The summed E-state index contributed by atoms with van der Waals surface area (Å²) in [6, 6.07) is 7.67. The van der Waals surface area contributed by atoms with Gasteiger partial charge in [-0.25, -0.2) is 0 Å². The van der Waals surface area contributed by atoms with Crippen LogP contribution in [0.5, 0.6) is 5.75 Å². The number of carbonyl (C=O) groups excluding carboxylic acids is 1. The number of hydrogen-bond acceptors (Lipinski definition) is 3. The Bertz CT molecular complexity index is 353. The molecule has 0 atom stereocenters. The van der Waals surface area contributed by atoms with Crippen molar-refractivity contribution in [3.05, 3.63) is 29.8 Å². The summed E-state index contributed by atoms with van der Waals surface area (Å²) in [4.78, 5) is 11.4. The fourth-order valence-corrected chi connectivity index (χ4v) is 1.42. The lowest BCUT2D eigenvalue weighted by molar-refractivity contribution is -0.120. The summed E-state index contributed by atoms with van der Waals surface area (Å²) in [6.45, 7) is 3.84. The molecule has 0 aliphatic heterocycles. The molecular formula is C13H20N2O2. The van der Waals surface area contributed by atoms with Crippen molar-refractivity contribution in [1.82, 2.24) is 10.6 Å². The van der Waals surface area contributed by atoms with Crippen molar-refractivity contribution < 1.29 is 9.53 Å². The first-order valence-electron chi connectivity index (χ1n) is 5.86. The SMILES string of the molecule is CCCNCC(=O)NCc1cccc(OC)c1. The summed E-state index contributed by atoms with van der Waals surface area (Å²) in [6.07, 6.45) is 1.03. The fraction of sp³-hybridized carbons (Fsp3) is 0.462. The maximum Gasteiger partial charge on any atom is 0.234 e. The first-order valence-corrected chi connectivity index (χ1v) is 5.86. The van der Waals surface area contributed by atoms with Crippen LogP contribution in [0.25, 0.3) is 0 Å². The lowest BCUT2D eigenvalue weighted by Crippen LogP contribution is -2.33. The molecule has 4 nitrogen and oxygen atoms in total.